The first-order valence-electron chi connectivity index (χ1n) is 5.42. The molecule has 0 fully saturated rings. The van der Waals surface area contributed by atoms with Crippen LogP contribution in [0.5, 0.6) is 5.75 Å². The molecule has 2 aromatic carbocycles. The SMILES string of the molecule is COc1ccc2cc(C(C)C(=O)O)ccc2c1.[H-].[H-].[Mg+2]. The van der Waals surface area contributed by atoms with Crippen LogP contribution in [0.4, 0.5) is 0 Å². The van der Waals surface area contributed by atoms with Gasteiger partial charge in [-0.2, -0.15) is 0 Å². The van der Waals surface area contributed by atoms with Gasteiger partial charge in [0, 0.05) is 0 Å². The van der Waals surface area contributed by atoms with Crippen molar-refractivity contribution in [1.29, 1.82) is 0 Å². The Balaban J connectivity index is 0. The standard InChI is InChI=1S/C14H14O3.Mg.2H/c1-9(14(15)16)10-3-4-12-8-13(17-2)6-5-11(12)7-10;;;/h3-9H,1-2H3,(H,15,16);;;/q;+2;2*-1. The van der Waals surface area contributed by atoms with E-state index in [1.54, 1.807) is 14.0 Å². The number of hydrogen-bond acceptors (Lipinski definition) is 2. The molecule has 1 N–H and O–H groups in total. The molecule has 0 saturated heterocycles. The smallest absolute Gasteiger partial charge is 1.00 e. The number of methoxy groups -OCH3 is 1. The van der Waals surface area contributed by atoms with E-state index >= 15 is 0 Å². The summed E-state index contributed by atoms with van der Waals surface area (Å²) in [7, 11) is 1.63. The van der Waals surface area contributed by atoms with Crippen LogP contribution in [0.2, 0.25) is 0 Å². The summed E-state index contributed by atoms with van der Waals surface area (Å²) in [6, 6.07) is 11.4. The zero-order chi connectivity index (χ0) is 12.4. The van der Waals surface area contributed by atoms with E-state index in [0.29, 0.717) is 0 Å². The Hall–Kier alpha value is -1.26. The monoisotopic (exact) mass is 256 g/mol. The minimum Gasteiger partial charge on any atom is -1.00 e. The molecule has 4 heteroatoms. The van der Waals surface area contributed by atoms with E-state index in [1.165, 1.54) is 0 Å². The van der Waals surface area contributed by atoms with Crippen molar-refractivity contribution in [2.24, 2.45) is 0 Å². The Kier molecular flexibility index (Phi) is 4.99. The average molecular weight is 257 g/mol. The van der Waals surface area contributed by atoms with E-state index in [2.05, 4.69) is 0 Å². The van der Waals surface area contributed by atoms with Crippen molar-refractivity contribution in [3.05, 3.63) is 42.0 Å². The number of rotatable bonds is 3. The van der Waals surface area contributed by atoms with Crippen LogP contribution < -0.4 is 4.74 Å². The molecule has 0 amide bonds. The molecule has 3 nitrogen and oxygen atoms in total. The van der Waals surface area contributed by atoms with Gasteiger partial charge in [0.1, 0.15) is 5.75 Å². The Morgan fingerprint density at radius 3 is 2.44 bits per heavy atom. The number of ether oxygens (including phenoxy) is 1. The van der Waals surface area contributed by atoms with Crippen LogP contribution in [0.25, 0.3) is 10.8 Å². The number of carbonyl (C=O) groups is 1. The first-order valence-corrected chi connectivity index (χ1v) is 5.42. The van der Waals surface area contributed by atoms with Crippen molar-refractivity contribution < 1.29 is 17.5 Å². The maximum absolute atomic E-state index is 10.9. The third kappa shape index (κ3) is 2.94. The van der Waals surface area contributed by atoms with Crippen LogP contribution in [0.3, 0.4) is 0 Å². The summed E-state index contributed by atoms with van der Waals surface area (Å²) < 4.78 is 5.14. The van der Waals surface area contributed by atoms with Crippen LogP contribution in [0.15, 0.2) is 36.4 Å². The second-order valence-corrected chi connectivity index (χ2v) is 4.03. The zero-order valence-corrected chi connectivity index (χ0v) is 11.9. The van der Waals surface area contributed by atoms with Gasteiger partial charge < -0.3 is 12.7 Å². The number of fused-ring (bicyclic) bond motifs is 1. The minimum atomic E-state index is -0.808. The van der Waals surface area contributed by atoms with Gasteiger partial charge in [0.05, 0.1) is 13.0 Å². The van der Waals surface area contributed by atoms with Gasteiger partial charge in [0.25, 0.3) is 0 Å². The molecule has 0 aliphatic rings. The summed E-state index contributed by atoms with van der Waals surface area (Å²) in [5, 5.41) is 11.0. The molecule has 18 heavy (non-hydrogen) atoms. The molecule has 92 valence electrons. The van der Waals surface area contributed by atoms with Gasteiger partial charge in [-0.15, -0.1) is 0 Å². The Bertz CT molecular complexity index is 575. The van der Waals surface area contributed by atoms with Crippen molar-refractivity contribution in [3.8, 4) is 5.75 Å². The topological polar surface area (TPSA) is 46.5 Å². The Morgan fingerprint density at radius 1 is 1.22 bits per heavy atom. The van der Waals surface area contributed by atoms with E-state index in [-0.39, 0.29) is 25.9 Å². The summed E-state index contributed by atoms with van der Waals surface area (Å²) in [4.78, 5) is 10.9. The number of hydrogen-bond donors (Lipinski definition) is 1. The third-order valence-electron chi connectivity index (χ3n) is 2.94. The van der Waals surface area contributed by atoms with Gasteiger partial charge in [-0.1, -0.05) is 24.3 Å². The van der Waals surface area contributed by atoms with Crippen molar-refractivity contribution in [2.45, 2.75) is 12.8 Å². The maximum Gasteiger partial charge on any atom is 2.00 e. The Morgan fingerprint density at radius 2 is 1.83 bits per heavy atom. The number of carboxylic acid groups (broad SMARTS) is 1. The molecule has 2 aromatic rings. The van der Waals surface area contributed by atoms with E-state index in [4.69, 9.17) is 9.84 Å². The van der Waals surface area contributed by atoms with Gasteiger partial charge >= 0.3 is 29.0 Å². The molecule has 0 bridgehead atoms. The molecule has 0 aromatic heterocycles. The average Bonchev–Trinajstić information content (AvgIpc) is 2.36. The fraction of sp³-hybridized carbons (Fsp3) is 0.214. The van der Waals surface area contributed by atoms with Gasteiger partial charge in [0.15, 0.2) is 0 Å². The predicted molar refractivity (Wildman–Crippen MR) is 74.5 cm³/mol. The van der Waals surface area contributed by atoms with Crippen LogP contribution >= 0.6 is 0 Å². The van der Waals surface area contributed by atoms with Crippen molar-refractivity contribution in [3.63, 3.8) is 0 Å². The van der Waals surface area contributed by atoms with Gasteiger partial charge in [-0.25, -0.2) is 0 Å². The van der Waals surface area contributed by atoms with Crippen LogP contribution in [0.1, 0.15) is 21.3 Å². The van der Waals surface area contributed by atoms with E-state index in [0.717, 1.165) is 22.1 Å². The van der Waals surface area contributed by atoms with Crippen LogP contribution in [0, 0.1) is 0 Å². The molecule has 1 unspecified atom stereocenters. The molecule has 0 saturated carbocycles. The zero-order valence-electron chi connectivity index (χ0n) is 12.5. The van der Waals surface area contributed by atoms with Gasteiger partial charge in [-0.3, -0.25) is 4.79 Å². The normalized spacial score (nSPS) is 11.7. The first-order chi connectivity index (χ1) is 8.11. The molecular formula is C14H16MgO3. The van der Waals surface area contributed by atoms with Crippen LogP contribution in [-0.4, -0.2) is 41.2 Å². The van der Waals surface area contributed by atoms with E-state index < -0.39 is 11.9 Å². The maximum atomic E-state index is 10.9. The second-order valence-electron chi connectivity index (χ2n) is 4.03. The van der Waals surface area contributed by atoms with Crippen molar-refractivity contribution in [2.75, 3.05) is 7.11 Å². The van der Waals surface area contributed by atoms with Gasteiger partial charge in [-0.05, 0) is 35.4 Å². The molecule has 2 rings (SSSR count). The molecule has 0 radical (unpaired) electrons. The third-order valence-corrected chi connectivity index (χ3v) is 2.94. The number of carboxylic acids is 1. The van der Waals surface area contributed by atoms with E-state index in [1.807, 2.05) is 36.4 Å². The molecular weight excluding hydrogens is 240 g/mol. The fourth-order valence-electron chi connectivity index (χ4n) is 1.78. The molecule has 0 aliphatic heterocycles. The molecule has 0 aliphatic carbocycles. The predicted octanol–water partition coefficient (Wildman–Crippen LogP) is 2.88. The molecule has 0 spiro atoms. The summed E-state index contributed by atoms with van der Waals surface area (Å²) in [5.41, 5.74) is 0.815. The quantitative estimate of drug-likeness (QED) is 0.859. The van der Waals surface area contributed by atoms with Crippen molar-refractivity contribution >= 4 is 39.8 Å². The van der Waals surface area contributed by atoms with Crippen molar-refractivity contribution in [1.82, 2.24) is 0 Å². The first kappa shape index (κ1) is 14.8. The van der Waals surface area contributed by atoms with Gasteiger partial charge in [0.2, 0.25) is 0 Å². The van der Waals surface area contributed by atoms with E-state index in [9.17, 15) is 4.79 Å². The number of benzene rings is 2. The summed E-state index contributed by atoms with van der Waals surface area (Å²) in [5.74, 6) is -0.490. The fourth-order valence-corrected chi connectivity index (χ4v) is 1.78. The second kappa shape index (κ2) is 6.07. The summed E-state index contributed by atoms with van der Waals surface area (Å²) in [6.07, 6.45) is 0. The summed E-state index contributed by atoms with van der Waals surface area (Å²) >= 11 is 0. The molecule has 1 atom stereocenters. The van der Waals surface area contributed by atoms with Crippen LogP contribution in [-0.2, 0) is 4.79 Å². The Labute approximate surface area is 125 Å². The minimum absolute atomic E-state index is 0. The largest absolute Gasteiger partial charge is 2.00 e. The number of aliphatic carboxylic acids is 1. The molecule has 0 heterocycles. The summed E-state index contributed by atoms with van der Waals surface area (Å²) in [6.45, 7) is 1.69.